The topological polar surface area (TPSA) is 73.3 Å². The van der Waals surface area contributed by atoms with Crippen molar-refractivity contribution in [3.05, 3.63) is 58.6 Å². The Hall–Kier alpha value is -2.80. The summed E-state index contributed by atoms with van der Waals surface area (Å²) in [6.07, 6.45) is 1.56. The second kappa shape index (κ2) is 4.88. The summed E-state index contributed by atoms with van der Waals surface area (Å²) in [6, 6.07) is 11.1. The number of fused-ring (bicyclic) bond motifs is 1. The second-order valence-electron chi connectivity index (χ2n) is 4.80. The zero-order valence-corrected chi connectivity index (χ0v) is 12.4. The number of furan rings is 1. The van der Waals surface area contributed by atoms with E-state index in [2.05, 4.69) is 15.3 Å². The van der Waals surface area contributed by atoms with Gasteiger partial charge < -0.3 is 4.42 Å². The SMILES string of the molecule is Cc1ccc(-c2nnc3sc(-c4ccco4)nn3c2=O)cc1. The normalized spacial score (nSPS) is 11.1. The summed E-state index contributed by atoms with van der Waals surface area (Å²) in [5, 5.41) is 13.0. The van der Waals surface area contributed by atoms with E-state index in [1.165, 1.54) is 15.9 Å². The lowest BCUT2D eigenvalue weighted by Crippen LogP contribution is -2.19. The molecule has 7 heteroatoms. The summed E-state index contributed by atoms with van der Waals surface area (Å²) in [5.74, 6) is 0.604. The van der Waals surface area contributed by atoms with Crippen LogP contribution in [-0.4, -0.2) is 19.8 Å². The molecule has 3 heterocycles. The van der Waals surface area contributed by atoms with Crippen LogP contribution in [0.25, 0.3) is 27.0 Å². The van der Waals surface area contributed by atoms with E-state index in [1.807, 2.05) is 31.2 Å². The fourth-order valence-electron chi connectivity index (χ4n) is 2.11. The molecule has 0 bridgehead atoms. The molecule has 0 atom stereocenters. The lowest BCUT2D eigenvalue weighted by atomic mass is 10.1. The van der Waals surface area contributed by atoms with Crippen LogP contribution in [0.4, 0.5) is 0 Å². The molecule has 22 heavy (non-hydrogen) atoms. The first-order chi connectivity index (χ1) is 10.7. The van der Waals surface area contributed by atoms with Gasteiger partial charge >= 0.3 is 5.56 Å². The molecule has 0 radical (unpaired) electrons. The number of hydrogen-bond acceptors (Lipinski definition) is 6. The number of benzene rings is 1. The minimum Gasteiger partial charge on any atom is -0.462 e. The monoisotopic (exact) mass is 310 g/mol. The molecule has 0 fully saturated rings. The van der Waals surface area contributed by atoms with Crippen molar-refractivity contribution in [2.24, 2.45) is 0 Å². The van der Waals surface area contributed by atoms with Crippen LogP contribution in [0.3, 0.4) is 0 Å². The maximum atomic E-state index is 12.6. The van der Waals surface area contributed by atoms with E-state index in [0.717, 1.165) is 11.1 Å². The van der Waals surface area contributed by atoms with Gasteiger partial charge in [-0.05, 0) is 19.1 Å². The molecule has 0 aliphatic carbocycles. The van der Waals surface area contributed by atoms with Crippen molar-refractivity contribution in [1.29, 1.82) is 0 Å². The minimum absolute atomic E-state index is 0.286. The average molecular weight is 310 g/mol. The molecule has 0 aliphatic heterocycles. The molecular formula is C15H10N4O2S. The van der Waals surface area contributed by atoms with E-state index in [1.54, 1.807) is 18.4 Å². The molecule has 0 spiro atoms. The smallest absolute Gasteiger partial charge is 0.302 e. The van der Waals surface area contributed by atoms with Gasteiger partial charge in [-0.25, -0.2) is 0 Å². The molecule has 3 aromatic heterocycles. The summed E-state index contributed by atoms with van der Waals surface area (Å²) < 4.78 is 6.57. The highest BCUT2D eigenvalue weighted by molar-refractivity contribution is 7.19. The van der Waals surface area contributed by atoms with E-state index in [9.17, 15) is 4.79 Å². The quantitative estimate of drug-likeness (QED) is 0.569. The Balaban J connectivity index is 1.90. The van der Waals surface area contributed by atoms with Crippen LogP contribution in [0.5, 0.6) is 0 Å². The summed E-state index contributed by atoms with van der Waals surface area (Å²) in [7, 11) is 0. The lowest BCUT2D eigenvalue weighted by Gasteiger charge is -1.99. The largest absolute Gasteiger partial charge is 0.462 e. The molecule has 0 N–H and O–H groups in total. The second-order valence-corrected chi connectivity index (χ2v) is 5.75. The van der Waals surface area contributed by atoms with Gasteiger partial charge in [0.15, 0.2) is 16.5 Å². The molecule has 4 rings (SSSR count). The van der Waals surface area contributed by atoms with Gasteiger partial charge in [0.25, 0.3) is 0 Å². The predicted octanol–water partition coefficient (Wildman–Crippen LogP) is 2.78. The van der Waals surface area contributed by atoms with Gasteiger partial charge in [-0.2, -0.15) is 4.52 Å². The Bertz CT molecular complexity index is 1000. The van der Waals surface area contributed by atoms with Crippen molar-refractivity contribution in [2.75, 3.05) is 0 Å². The Morgan fingerprint density at radius 1 is 1.14 bits per heavy atom. The van der Waals surface area contributed by atoms with Gasteiger partial charge in [-0.1, -0.05) is 41.2 Å². The molecule has 1 aromatic carbocycles. The molecule has 0 saturated heterocycles. The van der Waals surface area contributed by atoms with E-state index in [0.29, 0.717) is 15.7 Å². The summed E-state index contributed by atoms with van der Waals surface area (Å²) in [6.45, 7) is 1.99. The van der Waals surface area contributed by atoms with Crippen LogP contribution in [0, 0.1) is 6.92 Å². The van der Waals surface area contributed by atoms with Crippen LogP contribution < -0.4 is 5.56 Å². The van der Waals surface area contributed by atoms with Gasteiger partial charge in [0.1, 0.15) is 0 Å². The number of hydrogen-bond donors (Lipinski definition) is 0. The molecule has 108 valence electrons. The van der Waals surface area contributed by atoms with Crippen molar-refractivity contribution in [2.45, 2.75) is 6.92 Å². The van der Waals surface area contributed by atoms with Crippen molar-refractivity contribution in [1.82, 2.24) is 19.8 Å². The number of nitrogens with zero attached hydrogens (tertiary/aromatic N) is 4. The Kier molecular flexibility index (Phi) is 2.87. The van der Waals surface area contributed by atoms with Crippen LogP contribution in [0.15, 0.2) is 51.9 Å². The molecule has 0 unspecified atom stereocenters. The van der Waals surface area contributed by atoms with Crippen LogP contribution >= 0.6 is 11.3 Å². The van der Waals surface area contributed by atoms with Crippen LogP contribution in [0.2, 0.25) is 0 Å². The highest BCUT2D eigenvalue weighted by Crippen LogP contribution is 2.24. The van der Waals surface area contributed by atoms with Gasteiger partial charge in [-0.3, -0.25) is 4.79 Å². The van der Waals surface area contributed by atoms with E-state index < -0.39 is 0 Å². The third-order valence-corrected chi connectivity index (χ3v) is 4.16. The standard InChI is InChI=1S/C15H10N4O2S/c1-9-4-6-10(7-5-9)12-14(20)19-15(17-16-12)22-13(18-19)11-3-2-8-21-11/h2-8H,1H3. The Morgan fingerprint density at radius 2 is 1.95 bits per heavy atom. The maximum absolute atomic E-state index is 12.6. The van der Waals surface area contributed by atoms with Crippen molar-refractivity contribution < 1.29 is 4.42 Å². The molecule has 0 saturated carbocycles. The van der Waals surface area contributed by atoms with E-state index >= 15 is 0 Å². The third kappa shape index (κ3) is 2.03. The zero-order valence-electron chi connectivity index (χ0n) is 11.6. The maximum Gasteiger partial charge on any atom is 0.302 e. The fraction of sp³-hybridized carbons (Fsp3) is 0.0667. The summed E-state index contributed by atoms with van der Waals surface area (Å²) >= 11 is 1.26. The molecule has 0 aliphatic rings. The van der Waals surface area contributed by atoms with Gasteiger partial charge in [0.05, 0.1) is 6.26 Å². The van der Waals surface area contributed by atoms with Gasteiger partial charge in [0.2, 0.25) is 4.96 Å². The molecular weight excluding hydrogens is 300 g/mol. The highest BCUT2D eigenvalue weighted by Gasteiger charge is 2.15. The molecule has 4 aromatic rings. The first kappa shape index (κ1) is 12.9. The minimum atomic E-state index is -0.289. The predicted molar refractivity (Wildman–Crippen MR) is 82.8 cm³/mol. The molecule has 6 nitrogen and oxygen atoms in total. The van der Waals surface area contributed by atoms with Crippen molar-refractivity contribution >= 4 is 16.3 Å². The Labute approximate surface area is 128 Å². The summed E-state index contributed by atoms with van der Waals surface area (Å²) in [4.78, 5) is 13.0. The average Bonchev–Trinajstić information content (AvgIpc) is 3.18. The third-order valence-electron chi connectivity index (χ3n) is 3.25. The lowest BCUT2D eigenvalue weighted by molar-refractivity contribution is 0.580. The first-order valence-corrected chi connectivity index (χ1v) is 7.41. The zero-order chi connectivity index (χ0) is 15.1. The number of aryl methyl sites for hydroxylation is 1. The Morgan fingerprint density at radius 3 is 2.68 bits per heavy atom. The number of rotatable bonds is 2. The molecule has 0 amide bonds. The fourth-order valence-corrected chi connectivity index (χ4v) is 2.91. The van der Waals surface area contributed by atoms with Crippen LogP contribution in [-0.2, 0) is 0 Å². The number of aromatic nitrogens is 4. The van der Waals surface area contributed by atoms with Gasteiger partial charge in [-0.15, -0.1) is 15.3 Å². The van der Waals surface area contributed by atoms with Crippen molar-refractivity contribution in [3.63, 3.8) is 0 Å². The van der Waals surface area contributed by atoms with E-state index in [-0.39, 0.29) is 11.3 Å². The van der Waals surface area contributed by atoms with E-state index in [4.69, 9.17) is 4.42 Å². The first-order valence-electron chi connectivity index (χ1n) is 6.60. The van der Waals surface area contributed by atoms with Gasteiger partial charge in [0, 0.05) is 5.56 Å². The summed E-state index contributed by atoms with van der Waals surface area (Å²) in [5.41, 5.74) is 1.84. The highest BCUT2D eigenvalue weighted by atomic mass is 32.1. The van der Waals surface area contributed by atoms with Crippen molar-refractivity contribution in [3.8, 4) is 22.0 Å². The van der Waals surface area contributed by atoms with Crippen LogP contribution in [0.1, 0.15) is 5.56 Å².